The van der Waals surface area contributed by atoms with Gasteiger partial charge in [-0.05, 0) is 51.5 Å². The maximum Gasteiger partial charge on any atom is 0.303 e. The van der Waals surface area contributed by atoms with E-state index < -0.39 is 11.5 Å². The van der Waals surface area contributed by atoms with Gasteiger partial charge in [0.2, 0.25) is 0 Å². The van der Waals surface area contributed by atoms with E-state index in [-0.39, 0.29) is 18.1 Å². The van der Waals surface area contributed by atoms with Crippen molar-refractivity contribution < 1.29 is 19.1 Å². The Labute approximate surface area is 139 Å². The molecule has 0 aliphatic rings. The summed E-state index contributed by atoms with van der Waals surface area (Å²) in [4.78, 5) is 23.1. The first-order valence-electron chi connectivity index (χ1n) is 7.54. The molecule has 1 aromatic heterocycles. The number of hydrogen-bond donors (Lipinski definition) is 2. The van der Waals surface area contributed by atoms with Gasteiger partial charge in [0.1, 0.15) is 5.82 Å². The normalized spacial score (nSPS) is 11.3. The fourth-order valence-electron chi connectivity index (χ4n) is 2.33. The van der Waals surface area contributed by atoms with Crippen LogP contribution in [-0.4, -0.2) is 32.3 Å². The molecule has 1 heterocycles. The van der Waals surface area contributed by atoms with E-state index >= 15 is 0 Å². The van der Waals surface area contributed by atoms with E-state index in [1.54, 1.807) is 37.6 Å². The number of benzene rings is 1. The van der Waals surface area contributed by atoms with Gasteiger partial charge >= 0.3 is 5.97 Å². The Morgan fingerprint density at radius 1 is 1.29 bits per heavy atom. The number of carboxylic acids is 1. The topological polar surface area (TPSA) is 84.2 Å². The average Bonchev–Trinajstić information content (AvgIpc) is 2.88. The summed E-state index contributed by atoms with van der Waals surface area (Å²) in [7, 11) is 0. The quantitative estimate of drug-likeness (QED) is 0.851. The van der Waals surface area contributed by atoms with E-state index in [0.29, 0.717) is 23.4 Å². The van der Waals surface area contributed by atoms with Crippen LogP contribution in [0.15, 0.2) is 30.5 Å². The van der Waals surface area contributed by atoms with Crippen molar-refractivity contribution >= 4 is 11.9 Å². The lowest BCUT2D eigenvalue weighted by atomic mass is 9.98. The molecule has 0 radical (unpaired) electrons. The van der Waals surface area contributed by atoms with Gasteiger partial charge in [-0.15, -0.1) is 0 Å². The Morgan fingerprint density at radius 2 is 1.92 bits per heavy atom. The van der Waals surface area contributed by atoms with Crippen LogP contribution >= 0.6 is 0 Å². The number of carboxylic acid groups (broad SMARTS) is 1. The third-order valence-corrected chi connectivity index (χ3v) is 3.74. The number of aromatic nitrogens is 2. The zero-order valence-electron chi connectivity index (χ0n) is 13.8. The van der Waals surface area contributed by atoms with E-state index in [1.165, 1.54) is 18.3 Å². The molecule has 0 aliphatic carbocycles. The number of nitrogens with one attached hydrogen (secondary N) is 1. The maximum absolute atomic E-state index is 13.0. The van der Waals surface area contributed by atoms with Crippen molar-refractivity contribution in [3.8, 4) is 5.69 Å². The number of rotatable bonds is 6. The molecule has 0 saturated carbocycles. The van der Waals surface area contributed by atoms with Crippen molar-refractivity contribution in [2.45, 2.75) is 39.2 Å². The summed E-state index contributed by atoms with van der Waals surface area (Å²) in [5.74, 6) is -1.57. The summed E-state index contributed by atoms with van der Waals surface area (Å²) in [5.41, 5.74) is 1.01. The number of carbonyl (C=O) groups is 2. The molecular formula is C17H20FN3O3. The first-order chi connectivity index (χ1) is 11.2. The van der Waals surface area contributed by atoms with Crippen LogP contribution < -0.4 is 5.32 Å². The van der Waals surface area contributed by atoms with Crippen LogP contribution in [0.1, 0.15) is 42.7 Å². The minimum absolute atomic E-state index is 0.0267. The van der Waals surface area contributed by atoms with Crippen molar-refractivity contribution in [3.05, 3.63) is 47.5 Å². The molecule has 0 saturated heterocycles. The largest absolute Gasteiger partial charge is 0.481 e. The van der Waals surface area contributed by atoms with Gasteiger partial charge in [-0.3, -0.25) is 9.59 Å². The first-order valence-corrected chi connectivity index (χ1v) is 7.54. The molecule has 0 atom stereocenters. The average molecular weight is 333 g/mol. The Bertz CT molecular complexity index is 751. The summed E-state index contributed by atoms with van der Waals surface area (Å²) in [5, 5.41) is 15.8. The lowest BCUT2D eigenvalue weighted by molar-refractivity contribution is -0.137. The lowest BCUT2D eigenvalue weighted by Crippen LogP contribution is -2.43. The van der Waals surface area contributed by atoms with Gasteiger partial charge in [-0.2, -0.15) is 5.10 Å². The number of amides is 1. The molecule has 128 valence electrons. The minimum Gasteiger partial charge on any atom is -0.481 e. The Morgan fingerprint density at radius 3 is 2.50 bits per heavy atom. The highest BCUT2D eigenvalue weighted by Gasteiger charge is 2.24. The number of nitrogens with zero attached hydrogens (tertiary/aromatic N) is 2. The minimum atomic E-state index is -0.905. The third-order valence-electron chi connectivity index (χ3n) is 3.74. The van der Waals surface area contributed by atoms with Gasteiger partial charge in [-0.25, -0.2) is 9.07 Å². The first kappa shape index (κ1) is 17.7. The summed E-state index contributed by atoms with van der Waals surface area (Å²) in [6.07, 6.45) is 1.74. The van der Waals surface area contributed by atoms with E-state index in [4.69, 9.17) is 5.11 Å². The zero-order valence-corrected chi connectivity index (χ0v) is 13.8. The van der Waals surface area contributed by atoms with E-state index in [1.807, 2.05) is 0 Å². The Balaban J connectivity index is 2.16. The Hall–Kier alpha value is -2.70. The number of aliphatic carboxylic acids is 1. The summed E-state index contributed by atoms with van der Waals surface area (Å²) in [6.45, 7) is 5.29. The molecular weight excluding hydrogens is 313 g/mol. The zero-order chi connectivity index (χ0) is 17.9. The van der Waals surface area contributed by atoms with Crippen molar-refractivity contribution in [1.29, 1.82) is 0 Å². The molecule has 1 aromatic carbocycles. The molecule has 2 N–H and O–H groups in total. The van der Waals surface area contributed by atoms with E-state index in [2.05, 4.69) is 10.4 Å². The van der Waals surface area contributed by atoms with Crippen LogP contribution in [0.3, 0.4) is 0 Å². The standard InChI is InChI=1S/C17H20FN3O3/c1-11-14(16(24)20-17(2,3)9-8-15(22)23)10-19-21(11)13-6-4-12(18)5-7-13/h4-7,10H,8-9H2,1-3H3,(H,20,24)(H,22,23). The van der Waals surface area contributed by atoms with Gasteiger partial charge < -0.3 is 10.4 Å². The predicted octanol–water partition coefficient (Wildman–Crippen LogP) is 2.69. The van der Waals surface area contributed by atoms with Crippen LogP contribution in [0.25, 0.3) is 5.69 Å². The molecule has 7 heteroatoms. The maximum atomic E-state index is 13.0. The molecule has 1 amide bonds. The fraction of sp³-hybridized carbons (Fsp3) is 0.353. The van der Waals surface area contributed by atoms with Crippen molar-refractivity contribution in [2.75, 3.05) is 0 Å². The van der Waals surface area contributed by atoms with E-state index in [0.717, 1.165) is 0 Å². The van der Waals surface area contributed by atoms with Gasteiger partial charge in [0.05, 0.1) is 23.1 Å². The number of hydrogen-bond acceptors (Lipinski definition) is 3. The monoisotopic (exact) mass is 333 g/mol. The SMILES string of the molecule is Cc1c(C(=O)NC(C)(C)CCC(=O)O)cnn1-c1ccc(F)cc1. The van der Waals surface area contributed by atoms with Crippen LogP contribution in [0.5, 0.6) is 0 Å². The smallest absolute Gasteiger partial charge is 0.303 e. The van der Waals surface area contributed by atoms with E-state index in [9.17, 15) is 14.0 Å². The van der Waals surface area contributed by atoms with Crippen molar-refractivity contribution in [3.63, 3.8) is 0 Å². The summed E-state index contributed by atoms with van der Waals surface area (Å²) < 4.78 is 14.6. The molecule has 2 aromatic rings. The fourth-order valence-corrected chi connectivity index (χ4v) is 2.33. The number of carbonyl (C=O) groups excluding carboxylic acids is 1. The van der Waals surface area contributed by atoms with Gasteiger partial charge in [-0.1, -0.05) is 0 Å². The molecule has 0 fully saturated rings. The summed E-state index contributed by atoms with van der Waals surface area (Å²) in [6, 6.07) is 5.80. The lowest BCUT2D eigenvalue weighted by Gasteiger charge is -2.25. The van der Waals surface area contributed by atoms with Crippen molar-refractivity contribution in [1.82, 2.24) is 15.1 Å². The molecule has 6 nitrogen and oxygen atoms in total. The van der Waals surface area contributed by atoms with Crippen LogP contribution in [0.4, 0.5) is 4.39 Å². The van der Waals surface area contributed by atoms with Gasteiger partial charge in [0.25, 0.3) is 5.91 Å². The van der Waals surface area contributed by atoms with Crippen molar-refractivity contribution in [2.24, 2.45) is 0 Å². The molecule has 24 heavy (non-hydrogen) atoms. The van der Waals surface area contributed by atoms with Crippen LogP contribution in [-0.2, 0) is 4.79 Å². The highest BCUT2D eigenvalue weighted by molar-refractivity contribution is 5.95. The molecule has 2 rings (SSSR count). The molecule has 0 bridgehead atoms. The summed E-state index contributed by atoms with van der Waals surface area (Å²) >= 11 is 0. The third kappa shape index (κ3) is 4.18. The van der Waals surface area contributed by atoms with Gasteiger partial charge in [0.15, 0.2) is 0 Å². The number of halogens is 1. The second kappa shape index (κ2) is 6.82. The van der Waals surface area contributed by atoms with Crippen LogP contribution in [0, 0.1) is 12.7 Å². The molecule has 0 spiro atoms. The Kier molecular flexibility index (Phi) is 5.02. The highest BCUT2D eigenvalue weighted by Crippen LogP contribution is 2.17. The van der Waals surface area contributed by atoms with Gasteiger partial charge in [0, 0.05) is 12.0 Å². The predicted molar refractivity (Wildman–Crippen MR) is 86.7 cm³/mol. The molecule has 0 unspecified atom stereocenters. The van der Waals surface area contributed by atoms with Crippen LogP contribution in [0.2, 0.25) is 0 Å². The highest BCUT2D eigenvalue weighted by atomic mass is 19.1. The second-order valence-corrected chi connectivity index (χ2v) is 6.26. The second-order valence-electron chi connectivity index (χ2n) is 6.26. The molecule has 0 aliphatic heterocycles.